The number of halogens is 2. The van der Waals surface area contributed by atoms with Gasteiger partial charge in [-0.15, -0.1) is 0 Å². The van der Waals surface area contributed by atoms with Crippen LogP contribution >= 0.6 is 23.2 Å². The molecule has 0 unspecified atom stereocenters. The third-order valence-corrected chi connectivity index (χ3v) is 6.12. The molecule has 2 aromatic carbocycles. The lowest BCUT2D eigenvalue weighted by atomic mass is 9.97. The largest absolute Gasteiger partial charge is 0.311 e. The van der Waals surface area contributed by atoms with Gasteiger partial charge in [0, 0.05) is 12.1 Å². The van der Waals surface area contributed by atoms with E-state index in [4.69, 9.17) is 33.4 Å². The molecule has 3 aromatic rings. The highest BCUT2D eigenvalue weighted by molar-refractivity contribution is 6.42. The Morgan fingerprint density at radius 3 is 2.60 bits per heavy atom. The average Bonchev–Trinajstić information content (AvgIpc) is 3.18. The van der Waals surface area contributed by atoms with Crippen LogP contribution in [0.15, 0.2) is 60.2 Å². The molecule has 0 saturated heterocycles. The summed E-state index contributed by atoms with van der Waals surface area (Å²) in [6.07, 6.45) is 8.66. The van der Waals surface area contributed by atoms with Crippen LogP contribution in [0.5, 0.6) is 0 Å². The molecule has 0 saturated carbocycles. The SMILES string of the molecule is Clc1ccc(Cn2nc(CNCCC3=CCCCC3)c(-c3ccccc3)n2)cc1Cl. The molecule has 6 heteroatoms. The number of benzene rings is 2. The van der Waals surface area contributed by atoms with Crippen molar-refractivity contribution in [3.05, 3.63) is 81.5 Å². The van der Waals surface area contributed by atoms with Crippen LogP contribution in [-0.2, 0) is 13.1 Å². The minimum absolute atomic E-state index is 0.545. The zero-order valence-electron chi connectivity index (χ0n) is 17.0. The first kappa shape index (κ1) is 21.1. The fourth-order valence-corrected chi connectivity index (χ4v) is 4.10. The minimum Gasteiger partial charge on any atom is -0.311 e. The monoisotopic (exact) mass is 440 g/mol. The molecule has 1 aliphatic carbocycles. The Morgan fingerprint density at radius 2 is 1.83 bits per heavy atom. The molecule has 0 atom stereocenters. The summed E-state index contributed by atoms with van der Waals surface area (Å²) in [5.74, 6) is 0. The molecular formula is C24H26Cl2N4. The first-order valence-electron chi connectivity index (χ1n) is 10.5. The highest BCUT2D eigenvalue weighted by Crippen LogP contribution is 2.24. The summed E-state index contributed by atoms with van der Waals surface area (Å²) in [4.78, 5) is 1.74. The van der Waals surface area contributed by atoms with Gasteiger partial charge in [-0.3, -0.25) is 0 Å². The maximum atomic E-state index is 6.16. The number of nitrogens with one attached hydrogen (secondary N) is 1. The molecule has 4 nitrogen and oxygen atoms in total. The zero-order valence-corrected chi connectivity index (χ0v) is 18.5. The van der Waals surface area contributed by atoms with Crippen LogP contribution < -0.4 is 5.32 Å². The van der Waals surface area contributed by atoms with Crippen LogP contribution in [-0.4, -0.2) is 21.5 Å². The lowest BCUT2D eigenvalue weighted by Crippen LogP contribution is -2.17. The van der Waals surface area contributed by atoms with E-state index in [1.165, 1.54) is 25.7 Å². The molecule has 0 radical (unpaired) electrons. The van der Waals surface area contributed by atoms with Gasteiger partial charge in [0.1, 0.15) is 11.4 Å². The smallest absolute Gasteiger partial charge is 0.117 e. The van der Waals surface area contributed by atoms with Crippen molar-refractivity contribution in [1.82, 2.24) is 20.3 Å². The van der Waals surface area contributed by atoms with Gasteiger partial charge in [0.2, 0.25) is 0 Å². The van der Waals surface area contributed by atoms with Gasteiger partial charge >= 0.3 is 0 Å². The number of hydrogen-bond acceptors (Lipinski definition) is 3. The summed E-state index contributed by atoms with van der Waals surface area (Å²) in [5.41, 5.74) is 5.55. The molecule has 4 rings (SSSR count). The first-order valence-corrected chi connectivity index (χ1v) is 11.3. The van der Waals surface area contributed by atoms with E-state index in [9.17, 15) is 0 Å². The van der Waals surface area contributed by atoms with Crippen molar-refractivity contribution < 1.29 is 0 Å². The molecule has 1 aromatic heterocycles. The van der Waals surface area contributed by atoms with E-state index in [-0.39, 0.29) is 0 Å². The van der Waals surface area contributed by atoms with Crippen molar-refractivity contribution in [2.75, 3.05) is 6.54 Å². The summed E-state index contributed by atoms with van der Waals surface area (Å²) in [5, 5.41) is 14.2. The fourth-order valence-electron chi connectivity index (χ4n) is 3.78. The summed E-state index contributed by atoms with van der Waals surface area (Å²) in [7, 11) is 0. The third-order valence-electron chi connectivity index (χ3n) is 5.38. The molecule has 156 valence electrons. The molecule has 1 N–H and O–H groups in total. The second-order valence-electron chi connectivity index (χ2n) is 7.68. The normalized spacial score (nSPS) is 14.0. The fraction of sp³-hybridized carbons (Fsp3) is 0.333. The molecule has 1 aliphatic rings. The van der Waals surface area contributed by atoms with E-state index in [1.807, 2.05) is 36.4 Å². The third kappa shape index (κ3) is 5.51. The number of hydrogen-bond donors (Lipinski definition) is 1. The van der Waals surface area contributed by atoms with Crippen molar-refractivity contribution >= 4 is 23.2 Å². The number of rotatable bonds is 8. The number of aromatic nitrogens is 3. The molecule has 0 aliphatic heterocycles. The van der Waals surface area contributed by atoms with E-state index in [0.717, 1.165) is 35.5 Å². The summed E-state index contributed by atoms with van der Waals surface area (Å²) in [6.45, 7) is 2.20. The van der Waals surface area contributed by atoms with E-state index in [1.54, 1.807) is 10.4 Å². The molecule has 1 heterocycles. The molecule has 30 heavy (non-hydrogen) atoms. The Labute approximate surface area is 187 Å². The van der Waals surface area contributed by atoms with Gasteiger partial charge in [0.25, 0.3) is 0 Å². The molecule has 0 amide bonds. The maximum Gasteiger partial charge on any atom is 0.117 e. The minimum atomic E-state index is 0.545. The van der Waals surface area contributed by atoms with Crippen molar-refractivity contribution in [2.24, 2.45) is 0 Å². The van der Waals surface area contributed by atoms with E-state index < -0.39 is 0 Å². The second-order valence-corrected chi connectivity index (χ2v) is 8.49. The van der Waals surface area contributed by atoms with Crippen LogP contribution in [0, 0.1) is 0 Å². The van der Waals surface area contributed by atoms with Gasteiger partial charge in [-0.25, -0.2) is 0 Å². The van der Waals surface area contributed by atoms with Crippen LogP contribution in [0.25, 0.3) is 11.3 Å². The van der Waals surface area contributed by atoms with E-state index in [0.29, 0.717) is 23.1 Å². The van der Waals surface area contributed by atoms with Crippen LogP contribution in [0.3, 0.4) is 0 Å². The Morgan fingerprint density at radius 1 is 0.967 bits per heavy atom. The van der Waals surface area contributed by atoms with Gasteiger partial charge in [-0.1, -0.05) is 71.2 Å². The van der Waals surface area contributed by atoms with Crippen molar-refractivity contribution in [3.63, 3.8) is 0 Å². The second kappa shape index (κ2) is 10.3. The quantitative estimate of drug-likeness (QED) is 0.331. The molecular weight excluding hydrogens is 415 g/mol. The lowest BCUT2D eigenvalue weighted by Gasteiger charge is -2.12. The highest BCUT2D eigenvalue weighted by atomic mass is 35.5. The maximum absolute atomic E-state index is 6.16. The first-order chi connectivity index (χ1) is 14.7. The van der Waals surface area contributed by atoms with Crippen LogP contribution in [0.4, 0.5) is 0 Å². The van der Waals surface area contributed by atoms with Gasteiger partial charge < -0.3 is 5.32 Å². The van der Waals surface area contributed by atoms with E-state index in [2.05, 4.69) is 23.5 Å². The Kier molecular flexibility index (Phi) is 7.21. The van der Waals surface area contributed by atoms with Gasteiger partial charge in [0.05, 0.1) is 16.6 Å². The summed E-state index contributed by atoms with van der Waals surface area (Å²) in [6, 6.07) is 15.8. The molecule has 0 spiro atoms. The lowest BCUT2D eigenvalue weighted by molar-refractivity contribution is 0.574. The Hall–Kier alpha value is -2.14. The molecule has 0 bridgehead atoms. The van der Waals surface area contributed by atoms with Crippen molar-refractivity contribution in [3.8, 4) is 11.3 Å². The molecule has 0 fully saturated rings. The zero-order chi connectivity index (χ0) is 20.8. The average molecular weight is 441 g/mol. The summed E-state index contributed by atoms with van der Waals surface area (Å²) < 4.78 is 0. The summed E-state index contributed by atoms with van der Waals surface area (Å²) >= 11 is 12.2. The number of allylic oxidation sites excluding steroid dienone is 1. The predicted octanol–water partition coefficient (Wildman–Crippen LogP) is 6.28. The Bertz CT molecular complexity index is 1010. The topological polar surface area (TPSA) is 42.7 Å². The standard InChI is InChI=1S/C24H26Cl2N4/c25-21-12-11-19(15-22(21)26)17-30-28-23(24(29-30)20-9-5-2-6-10-20)16-27-14-13-18-7-3-1-4-8-18/h2,5-7,9-12,15,27H,1,3-4,8,13-14,16-17H2. The van der Waals surface area contributed by atoms with Gasteiger partial charge in [-0.2, -0.15) is 15.0 Å². The Balaban J connectivity index is 1.47. The van der Waals surface area contributed by atoms with Gasteiger partial charge in [0.15, 0.2) is 0 Å². The van der Waals surface area contributed by atoms with Crippen LogP contribution in [0.1, 0.15) is 43.4 Å². The number of nitrogens with zero attached hydrogens (tertiary/aromatic N) is 3. The van der Waals surface area contributed by atoms with E-state index >= 15 is 0 Å². The highest BCUT2D eigenvalue weighted by Gasteiger charge is 2.14. The van der Waals surface area contributed by atoms with Crippen molar-refractivity contribution in [1.29, 1.82) is 0 Å². The van der Waals surface area contributed by atoms with Gasteiger partial charge in [-0.05, 0) is 56.3 Å². The van der Waals surface area contributed by atoms with Crippen molar-refractivity contribution in [2.45, 2.75) is 45.2 Å². The van der Waals surface area contributed by atoms with Crippen LogP contribution in [0.2, 0.25) is 10.0 Å². The predicted molar refractivity (Wildman–Crippen MR) is 124 cm³/mol.